The average molecular weight is 364 g/mol. The zero-order valence-electron chi connectivity index (χ0n) is 14.5. The van der Waals surface area contributed by atoms with Crippen LogP contribution in [0.4, 0.5) is 0 Å². The lowest BCUT2D eigenvalue weighted by Gasteiger charge is -2.12. The van der Waals surface area contributed by atoms with Crippen molar-refractivity contribution in [2.45, 2.75) is 18.4 Å². The molecule has 3 aromatic rings. The van der Waals surface area contributed by atoms with Crippen molar-refractivity contribution in [3.63, 3.8) is 0 Å². The van der Waals surface area contributed by atoms with Gasteiger partial charge in [0, 0.05) is 5.56 Å². The summed E-state index contributed by atoms with van der Waals surface area (Å²) in [6.07, 6.45) is 0. The van der Waals surface area contributed by atoms with Gasteiger partial charge in [0.05, 0.1) is 11.4 Å². The fourth-order valence-electron chi connectivity index (χ4n) is 2.44. The summed E-state index contributed by atoms with van der Waals surface area (Å²) in [4.78, 5) is 4.73. The molecular formula is C21H20N2O2S. The lowest BCUT2D eigenvalue weighted by atomic mass is 10.2. The fourth-order valence-corrected chi connectivity index (χ4v) is 3.49. The van der Waals surface area contributed by atoms with Gasteiger partial charge in [-0.1, -0.05) is 78.4 Å². The summed E-state index contributed by atoms with van der Waals surface area (Å²) >= 11 is 0. The Balaban J connectivity index is 1.92. The number of nitrogens with zero attached hydrogens (tertiary/aromatic N) is 1. The Morgan fingerprint density at radius 3 is 2.04 bits per heavy atom. The van der Waals surface area contributed by atoms with E-state index in [-0.39, 0.29) is 4.90 Å². The minimum Gasteiger partial charge on any atom is -0.263 e. The lowest BCUT2D eigenvalue weighted by molar-refractivity contribution is 0.592. The molecule has 0 spiro atoms. The number of benzene rings is 3. The molecule has 0 saturated carbocycles. The number of nitrogens with one attached hydrogen (secondary N) is 1. The van der Waals surface area contributed by atoms with Crippen molar-refractivity contribution >= 4 is 15.9 Å². The van der Waals surface area contributed by atoms with E-state index in [1.807, 2.05) is 67.6 Å². The number of sulfonamides is 1. The van der Waals surface area contributed by atoms with Crippen molar-refractivity contribution in [2.75, 3.05) is 0 Å². The molecule has 0 aliphatic rings. The van der Waals surface area contributed by atoms with Crippen LogP contribution in [0.3, 0.4) is 0 Å². The van der Waals surface area contributed by atoms with E-state index in [0.717, 1.165) is 16.7 Å². The van der Waals surface area contributed by atoms with Gasteiger partial charge in [-0.15, -0.1) is 0 Å². The molecule has 0 fully saturated rings. The molecule has 0 atom stereocenters. The third-order valence-corrected chi connectivity index (χ3v) is 5.23. The van der Waals surface area contributed by atoms with Crippen LogP contribution in [0.15, 0.2) is 94.8 Å². The minimum absolute atomic E-state index is 0.214. The summed E-state index contributed by atoms with van der Waals surface area (Å²) in [5.41, 5.74) is 2.74. The first kappa shape index (κ1) is 17.9. The van der Waals surface area contributed by atoms with Crippen LogP contribution in [0, 0.1) is 6.92 Å². The van der Waals surface area contributed by atoms with Crippen LogP contribution >= 0.6 is 0 Å². The Bertz CT molecular complexity index is 981. The molecule has 0 saturated heterocycles. The Kier molecular flexibility index (Phi) is 5.49. The highest BCUT2D eigenvalue weighted by atomic mass is 32.2. The van der Waals surface area contributed by atoms with Crippen LogP contribution in [0.5, 0.6) is 0 Å². The molecule has 0 radical (unpaired) electrons. The summed E-state index contributed by atoms with van der Waals surface area (Å²) in [5.74, 6) is 0.329. The Morgan fingerprint density at radius 2 is 1.42 bits per heavy atom. The molecule has 0 aliphatic carbocycles. The largest absolute Gasteiger partial charge is 0.263 e. The van der Waals surface area contributed by atoms with Crippen molar-refractivity contribution in [1.82, 2.24) is 4.72 Å². The van der Waals surface area contributed by atoms with Crippen molar-refractivity contribution in [2.24, 2.45) is 4.99 Å². The molecule has 0 amide bonds. The summed E-state index contributed by atoms with van der Waals surface area (Å²) in [6.45, 7) is 2.31. The maximum atomic E-state index is 12.7. The van der Waals surface area contributed by atoms with Gasteiger partial charge >= 0.3 is 0 Å². The third kappa shape index (κ3) is 4.58. The van der Waals surface area contributed by atoms with Gasteiger partial charge in [-0.2, -0.15) is 0 Å². The summed E-state index contributed by atoms with van der Waals surface area (Å²) in [6, 6.07) is 25.7. The molecule has 3 rings (SSSR count). The number of hydrogen-bond acceptors (Lipinski definition) is 3. The number of hydrogen-bond donors (Lipinski definition) is 1. The van der Waals surface area contributed by atoms with E-state index >= 15 is 0 Å². The highest BCUT2D eigenvalue weighted by molar-refractivity contribution is 7.90. The Morgan fingerprint density at radius 1 is 0.846 bits per heavy atom. The van der Waals surface area contributed by atoms with E-state index in [2.05, 4.69) is 9.71 Å². The predicted octanol–water partition coefficient (Wildman–Crippen LogP) is 3.92. The second kappa shape index (κ2) is 7.97. The topological polar surface area (TPSA) is 58.5 Å². The van der Waals surface area contributed by atoms with E-state index in [1.54, 1.807) is 24.3 Å². The third-order valence-electron chi connectivity index (χ3n) is 3.87. The van der Waals surface area contributed by atoms with Gasteiger partial charge in [-0.3, -0.25) is 9.71 Å². The van der Waals surface area contributed by atoms with Crippen molar-refractivity contribution in [3.05, 3.63) is 102 Å². The van der Waals surface area contributed by atoms with Gasteiger partial charge in [0.15, 0.2) is 0 Å². The van der Waals surface area contributed by atoms with Gasteiger partial charge in [0.25, 0.3) is 10.0 Å². The zero-order chi connectivity index (χ0) is 18.4. The predicted molar refractivity (Wildman–Crippen MR) is 105 cm³/mol. The number of aryl methyl sites for hydroxylation is 1. The Labute approximate surface area is 154 Å². The fraction of sp³-hybridized carbons (Fsp3) is 0.0952. The van der Waals surface area contributed by atoms with Crippen LogP contribution < -0.4 is 4.72 Å². The molecular weight excluding hydrogens is 344 g/mol. The van der Waals surface area contributed by atoms with Gasteiger partial charge in [0.2, 0.25) is 0 Å². The second-order valence-electron chi connectivity index (χ2n) is 5.94. The smallest absolute Gasteiger partial charge is 0.263 e. The lowest BCUT2D eigenvalue weighted by Crippen LogP contribution is -2.31. The zero-order valence-corrected chi connectivity index (χ0v) is 15.3. The highest BCUT2D eigenvalue weighted by Crippen LogP contribution is 2.12. The normalized spacial score (nSPS) is 12.0. The summed E-state index contributed by atoms with van der Waals surface area (Å²) in [5, 5.41) is 0. The van der Waals surface area contributed by atoms with Crippen LogP contribution in [0.1, 0.15) is 16.7 Å². The van der Waals surface area contributed by atoms with E-state index < -0.39 is 10.0 Å². The van der Waals surface area contributed by atoms with E-state index in [1.165, 1.54) is 0 Å². The van der Waals surface area contributed by atoms with Gasteiger partial charge in [-0.25, -0.2) is 8.42 Å². The monoisotopic (exact) mass is 364 g/mol. The van der Waals surface area contributed by atoms with E-state index in [4.69, 9.17) is 0 Å². The van der Waals surface area contributed by atoms with Crippen LogP contribution in [0.25, 0.3) is 0 Å². The van der Waals surface area contributed by atoms with Crippen molar-refractivity contribution in [1.29, 1.82) is 0 Å². The number of rotatable bonds is 5. The van der Waals surface area contributed by atoms with Crippen LogP contribution in [-0.4, -0.2) is 14.3 Å². The van der Waals surface area contributed by atoms with E-state index in [9.17, 15) is 8.42 Å². The van der Waals surface area contributed by atoms with Gasteiger partial charge in [0.1, 0.15) is 5.84 Å². The van der Waals surface area contributed by atoms with Crippen LogP contribution in [0.2, 0.25) is 0 Å². The summed E-state index contributed by atoms with van der Waals surface area (Å²) in [7, 11) is -3.71. The van der Waals surface area contributed by atoms with Gasteiger partial charge < -0.3 is 0 Å². The first-order valence-electron chi connectivity index (χ1n) is 8.28. The highest BCUT2D eigenvalue weighted by Gasteiger charge is 2.17. The molecule has 0 heterocycles. The maximum Gasteiger partial charge on any atom is 0.263 e. The molecule has 26 heavy (non-hydrogen) atoms. The molecule has 0 unspecified atom stereocenters. The first-order valence-corrected chi connectivity index (χ1v) is 9.76. The standard InChI is InChI=1S/C21H20N2O2S/c1-17-12-14-20(15-13-17)26(24,25)23-21(19-10-6-3-7-11-19)22-16-18-8-4-2-5-9-18/h2-15H,16H2,1H3,(H,22,23). The average Bonchev–Trinajstić information content (AvgIpc) is 2.67. The molecule has 3 aromatic carbocycles. The molecule has 132 valence electrons. The molecule has 5 heteroatoms. The maximum absolute atomic E-state index is 12.7. The molecule has 1 N–H and O–H groups in total. The number of amidine groups is 1. The van der Waals surface area contributed by atoms with Crippen LogP contribution in [-0.2, 0) is 16.6 Å². The van der Waals surface area contributed by atoms with E-state index in [0.29, 0.717) is 12.4 Å². The molecule has 0 bridgehead atoms. The quantitative estimate of drug-likeness (QED) is 0.551. The van der Waals surface area contributed by atoms with Crippen molar-refractivity contribution < 1.29 is 8.42 Å². The summed E-state index contributed by atoms with van der Waals surface area (Å²) < 4.78 is 28.1. The van der Waals surface area contributed by atoms with Crippen molar-refractivity contribution in [3.8, 4) is 0 Å². The molecule has 0 aromatic heterocycles. The molecule has 4 nitrogen and oxygen atoms in total. The second-order valence-corrected chi connectivity index (χ2v) is 7.62. The molecule has 0 aliphatic heterocycles. The minimum atomic E-state index is -3.71. The number of aliphatic imine (C=N–C) groups is 1. The Hall–Kier alpha value is -2.92. The first-order chi connectivity index (χ1) is 12.5. The SMILES string of the molecule is Cc1ccc(S(=O)(=O)NC(=NCc2ccccc2)c2ccccc2)cc1. The van der Waals surface area contributed by atoms with Gasteiger partial charge in [-0.05, 0) is 24.6 Å².